The van der Waals surface area contributed by atoms with Crippen LogP contribution in [0.15, 0.2) is 50.9 Å². The maximum Gasteiger partial charge on any atom is 0.261 e. The highest BCUT2D eigenvalue weighted by atomic mass is 32.2. The van der Waals surface area contributed by atoms with Crippen molar-refractivity contribution < 1.29 is 9.15 Å². The van der Waals surface area contributed by atoms with Gasteiger partial charge in [-0.05, 0) is 48.2 Å². The van der Waals surface area contributed by atoms with Gasteiger partial charge >= 0.3 is 0 Å². The fraction of sp³-hybridized carbons (Fsp3) is 0.0667. The SMILES string of the molecule is COc1ccc(C#N)c(Sc2nc3cc(N)ccc3o2)c1. The molecule has 0 saturated heterocycles. The van der Waals surface area contributed by atoms with Gasteiger partial charge in [-0.15, -0.1) is 0 Å². The summed E-state index contributed by atoms with van der Waals surface area (Å²) in [5, 5.41) is 9.62. The monoisotopic (exact) mass is 297 g/mol. The van der Waals surface area contributed by atoms with Gasteiger partial charge in [-0.2, -0.15) is 5.26 Å². The maximum atomic E-state index is 9.16. The number of anilines is 1. The predicted octanol–water partition coefficient (Wildman–Crippen LogP) is 3.44. The van der Waals surface area contributed by atoms with E-state index < -0.39 is 0 Å². The van der Waals surface area contributed by atoms with E-state index in [0.717, 1.165) is 4.90 Å². The lowest BCUT2D eigenvalue weighted by Gasteiger charge is -2.04. The Balaban J connectivity index is 2.00. The molecular weight excluding hydrogens is 286 g/mol. The van der Waals surface area contributed by atoms with Crippen molar-refractivity contribution in [2.75, 3.05) is 12.8 Å². The lowest BCUT2D eigenvalue weighted by molar-refractivity contribution is 0.413. The number of fused-ring (bicyclic) bond motifs is 1. The van der Waals surface area contributed by atoms with Crippen LogP contribution in [0, 0.1) is 11.3 Å². The van der Waals surface area contributed by atoms with Crippen molar-refractivity contribution >= 4 is 28.5 Å². The number of oxazole rings is 1. The summed E-state index contributed by atoms with van der Waals surface area (Å²) in [6, 6.07) is 12.7. The number of hydrogen-bond donors (Lipinski definition) is 1. The standard InChI is InChI=1S/C15H11N3O2S/c1-19-11-4-2-9(8-16)14(7-11)21-15-18-12-6-10(17)3-5-13(12)20-15/h2-7H,17H2,1H3. The van der Waals surface area contributed by atoms with E-state index in [1.165, 1.54) is 11.8 Å². The van der Waals surface area contributed by atoms with Crippen LogP contribution in [0.1, 0.15) is 5.56 Å². The van der Waals surface area contributed by atoms with E-state index in [1.807, 2.05) is 0 Å². The Kier molecular flexibility index (Phi) is 3.42. The summed E-state index contributed by atoms with van der Waals surface area (Å²) in [5.41, 5.74) is 8.25. The molecule has 0 fully saturated rings. The maximum absolute atomic E-state index is 9.16. The van der Waals surface area contributed by atoms with Crippen molar-refractivity contribution in [1.82, 2.24) is 4.98 Å². The van der Waals surface area contributed by atoms with Crippen molar-refractivity contribution in [3.63, 3.8) is 0 Å². The first-order valence-corrected chi connectivity index (χ1v) is 6.93. The number of nitrogen functional groups attached to an aromatic ring is 1. The van der Waals surface area contributed by atoms with Crippen molar-refractivity contribution in [1.29, 1.82) is 5.26 Å². The Morgan fingerprint density at radius 1 is 1.29 bits per heavy atom. The summed E-state index contributed by atoms with van der Waals surface area (Å²) in [7, 11) is 1.58. The quantitative estimate of drug-likeness (QED) is 0.745. The minimum Gasteiger partial charge on any atom is -0.497 e. The van der Waals surface area contributed by atoms with Gasteiger partial charge in [0.1, 0.15) is 17.3 Å². The summed E-state index contributed by atoms with van der Waals surface area (Å²) < 4.78 is 10.8. The van der Waals surface area contributed by atoms with E-state index in [0.29, 0.717) is 33.3 Å². The van der Waals surface area contributed by atoms with Crippen molar-refractivity contribution in [2.45, 2.75) is 10.1 Å². The Morgan fingerprint density at radius 3 is 2.90 bits per heavy atom. The van der Waals surface area contributed by atoms with E-state index in [2.05, 4.69) is 11.1 Å². The van der Waals surface area contributed by atoms with Gasteiger partial charge in [-0.1, -0.05) is 0 Å². The van der Waals surface area contributed by atoms with E-state index in [1.54, 1.807) is 43.5 Å². The Hall–Kier alpha value is -2.65. The molecule has 0 radical (unpaired) electrons. The molecule has 0 atom stereocenters. The zero-order chi connectivity index (χ0) is 14.8. The third-order valence-corrected chi connectivity index (χ3v) is 3.81. The number of aromatic nitrogens is 1. The molecule has 21 heavy (non-hydrogen) atoms. The van der Waals surface area contributed by atoms with Crippen LogP contribution in [-0.2, 0) is 0 Å². The number of nitriles is 1. The first-order chi connectivity index (χ1) is 10.2. The smallest absolute Gasteiger partial charge is 0.261 e. The van der Waals surface area contributed by atoms with Crippen LogP contribution in [0.25, 0.3) is 11.1 Å². The van der Waals surface area contributed by atoms with E-state index in [-0.39, 0.29) is 0 Å². The largest absolute Gasteiger partial charge is 0.497 e. The Bertz CT molecular complexity index is 852. The van der Waals surface area contributed by atoms with E-state index in [4.69, 9.17) is 20.1 Å². The number of rotatable bonds is 3. The predicted molar refractivity (Wildman–Crippen MR) is 80.3 cm³/mol. The van der Waals surface area contributed by atoms with Crippen LogP contribution in [0.5, 0.6) is 5.75 Å². The lowest BCUT2D eigenvalue weighted by Crippen LogP contribution is -1.86. The van der Waals surface area contributed by atoms with Crippen LogP contribution in [0.3, 0.4) is 0 Å². The topological polar surface area (TPSA) is 85.1 Å². The molecule has 1 heterocycles. The van der Waals surface area contributed by atoms with Gasteiger partial charge in [0.2, 0.25) is 0 Å². The number of nitrogens with two attached hydrogens (primary N) is 1. The second-order valence-electron chi connectivity index (χ2n) is 4.28. The zero-order valence-corrected chi connectivity index (χ0v) is 12.0. The second kappa shape index (κ2) is 5.38. The van der Waals surface area contributed by atoms with Gasteiger partial charge in [0.15, 0.2) is 5.58 Å². The number of hydrogen-bond acceptors (Lipinski definition) is 6. The van der Waals surface area contributed by atoms with Crippen molar-refractivity contribution in [3.05, 3.63) is 42.0 Å². The van der Waals surface area contributed by atoms with E-state index in [9.17, 15) is 0 Å². The zero-order valence-electron chi connectivity index (χ0n) is 11.2. The minimum atomic E-state index is 0.459. The van der Waals surface area contributed by atoms with Crippen LogP contribution in [0.4, 0.5) is 5.69 Å². The highest BCUT2D eigenvalue weighted by molar-refractivity contribution is 7.99. The molecule has 2 N–H and O–H groups in total. The molecule has 1 aromatic heterocycles. The van der Waals surface area contributed by atoms with Gasteiger partial charge in [0.25, 0.3) is 5.22 Å². The third kappa shape index (κ3) is 2.64. The molecule has 0 amide bonds. The van der Waals surface area contributed by atoms with Gasteiger partial charge in [0, 0.05) is 10.6 Å². The Labute approximate surface area is 125 Å². The van der Waals surface area contributed by atoms with E-state index >= 15 is 0 Å². The summed E-state index contributed by atoms with van der Waals surface area (Å²) in [5.74, 6) is 0.678. The lowest BCUT2D eigenvalue weighted by atomic mass is 10.2. The highest BCUT2D eigenvalue weighted by Gasteiger charge is 2.12. The fourth-order valence-corrected chi connectivity index (χ4v) is 2.73. The molecule has 0 aliphatic rings. The van der Waals surface area contributed by atoms with Crippen LogP contribution in [-0.4, -0.2) is 12.1 Å². The molecular formula is C15H11N3O2S. The first kappa shape index (κ1) is 13.3. The third-order valence-electron chi connectivity index (χ3n) is 2.90. The molecule has 0 bridgehead atoms. The molecule has 0 saturated carbocycles. The fourth-order valence-electron chi connectivity index (χ4n) is 1.87. The van der Waals surface area contributed by atoms with Gasteiger partial charge in [0.05, 0.1) is 12.7 Å². The molecule has 0 aliphatic heterocycles. The molecule has 0 unspecified atom stereocenters. The second-order valence-corrected chi connectivity index (χ2v) is 5.28. The molecule has 0 spiro atoms. The summed E-state index contributed by atoms with van der Waals surface area (Å²) in [6.07, 6.45) is 0. The molecule has 3 rings (SSSR count). The number of benzene rings is 2. The normalized spacial score (nSPS) is 10.5. The molecule has 5 nitrogen and oxygen atoms in total. The molecule has 0 aliphatic carbocycles. The van der Waals surface area contributed by atoms with Gasteiger partial charge in [-0.25, -0.2) is 4.98 Å². The molecule has 104 valence electrons. The van der Waals surface area contributed by atoms with Crippen LogP contribution in [0.2, 0.25) is 0 Å². The molecule has 2 aromatic carbocycles. The summed E-state index contributed by atoms with van der Waals surface area (Å²) in [6.45, 7) is 0. The van der Waals surface area contributed by atoms with Gasteiger partial charge < -0.3 is 14.9 Å². The summed E-state index contributed by atoms with van der Waals surface area (Å²) >= 11 is 1.28. The number of ether oxygens (including phenoxy) is 1. The van der Waals surface area contributed by atoms with Gasteiger partial charge in [-0.3, -0.25) is 0 Å². The average molecular weight is 297 g/mol. The van der Waals surface area contributed by atoms with Crippen molar-refractivity contribution in [3.8, 4) is 11.8 Å². The highest BCUT2D eigenvalue weighted by Crippen LogP contribution is 2.34. The molecule has 3 aromatic rings. The van der Waals surface area contributed by atoms with Crippen LogP contribution >= 0.6 is 11.8 Å². The number of methoxy groups -OCH3 is 1. The first-order valence-electron chi connectivity index (χ1n) is 6.11. The number of nitrogens with zero attached hydrogens (tertiary/aromatic N) is 2. The molecule has 6 heteroatoms. The minimum absolute atomic E-state index is 0.459. The summed E-state index contributed by atoms with van der Waals surface area (Å²) in [4.78, 5) is 5.10. The van der Waals surface area contributed by atoms with Crippen LogP contribution < -0.4 is 10.5 Å². The average Bonchev–Trinajstić information content (AvgIpc) is 2.88. The van der Waals surface area contributed by atoms with Crippen molar-refractivity contribution in [2.24, 2.45) is 0 Å². The Morgan fingerprint density at radius 2 is 2.14 bits per heavy atom.